The van der Waals surface area contributed by atoms with Gasteiger partial charge in [0.2, 0.25) is 4.32 Å². The lowest BCUT2D eigenvalue weighted by atomic mass is 9.95. The minimum Gasteiger partial charge on any atom is -0.464 e. The van der Waals surface area contributed by atoms with Crippen molar-refractivity contribution in [2.75, 3.05) is 13.2 Å². The van der Waals surface area contributed by atoms with E-state index in [9.17, 15) is 18.8 Å². The highest BCUT2D eigenvalue weighted by molar-refractivity contribution is 9.10. The van der Waals surface area contributed by atoms with E-state index in [1.54, 1.807) is 44.2 Å². The number of esters is 2. The van der Waals surface area contributed by atoms with E-state index >= 15 is 0 Å². The number of ether oxygens (including phenoxy) is 2. The van der Waals surface area contributed by atoms with Crippen molar-refractivity contribution < 1.29 is 32.7 Å². The van der Waals surface area contributed by atoms with Gasteiger partial charge >= 0.3 is 11.9 Å². The van der Waals surface area contributed by atoms with E-state index in [2.05, 4.69) is 15.9 Å². The Labute approximate surface area is 186 Å². The van der Waals surface area contributed by atoms with Gasteiger partial charge in [-0.05, 0) is 32.0 Å². The van der Waals surface area contributed by atoms with Crippen LogP contribution in [-0.2, 0) is 25.5 Å². The maximum atomic E-state index is 14.0. The largest absolute Gasteiger partial charge is 0.464 e. The second-order valence-corrected chi connectivity index (χ2v) is 8.01. The summed E-state index contributed by atoms with van der Waals surface area (Å²) in [6.07, 6.45) is -0.366. The van der Waals surface area contributed by atoms with Gasteiger partial charge in [0, 0.05) is 17.4 Å². The van der Waals surface area contributed by atoms with Gasteiger partial charge in [-0.2, -0.15) is 0 Å². The van der Waals surface area contributed by atoms with Crippen LogP contribution in [0.5, 0.6) is 0 Å². The van der Waals surface area contributed by atoms with Crippen LogP contribution >= 0.6 is 15.9 Å². The van der Waals surface area contributed by atoms with Crippen molar-refractivity contribution in [2.45, 2.75) is 24.6 Å². The van der Waals surface area contributed by atoms with Crippen molar-refractivity contribution in [1.82, 2.24) is 0 Å². The minimum absolute atomic E-state index is 0.0345. The normalized spacial score (nSPS) is 11.4. The topological polar surface area (TPSA) is 82.8 Å². The molecule has 1 aromatic heterocycles. The summed E-state index contributed by atoms with van der Waals surface area (Å²) in [6.45, 7) is 3.27. The molecule has 3 rings (SSSR count). The second-order valence-electron chi connectivity index (χ2n) is 6.65. The number of benzene rings is 2. The second kappa shape index (κ2) is 9.43. The van der Waals surface area contributed by atoms with Gasteiger partial charge in [0.05, 0.1) is 18.8 Å². The molecule has 0 saturated heterocycles. The Bertz CT molecular complexity index is 1100. The smallest absolute Gasteiger partial charge is 0.334 e. The number of halogens is 2. The first kappa shape index (κ1) is 22.7. The number of alkyl halides is 1. The lowest BCUT2D eigenvalue weighted by Crippen LogP contribution is -2.45. The maximum absolute atomic E-state index is 14.0. The molecule has 8 heteroatoms. The number of rotatable bonds is 8. The molecule has 0 spiro atoms. The lowest BCUT2D eigenvalue weighted by molar-refractivity contribution is -0.158. The first-order valence-corrected chi connectivity index (χ1v) is 10.4. The molecule has 0 radical (unpaired) electrons. The van der Waals surface area contributed by atoms with E-state index in [4.69, 9.17) is 13.9 Å². The molecule has 0 fully saturated rings. The van der Waals surface area contributed by atoms with Gasteiger partial charge in [0.25, 0.3) is 0 Å². The number of fused-ring (bicyclic) bond motifs is 1. The molecule has 0 N–H and O–H groups in total. The van der Waals surface area contributed by atoms with E-state index in [-0.39, 0.29) is 41.9 Å². The first-order valence-electron chi connectivity index (χ1n) is 9.65. The summed E-state index contributed by atoms with van der Waals surface area (Å²) in [7, 11) is 0. The van der Waals surface area contributed by atoms with E-state index in [1.807, 2.05) is 0 Å². The molecular weight excluding hydrogens is 471 g/mol. The van der Waals surface area contributed by atoms with E-state index in [1.165, 1.54) is 18.2 Å². The minimum atomic E-state index is -1.93. The maximum Gasteiger partial charge on any atom is 0.334 e. The van der Waals surface area contributed by atoms with Crippen LogP contribution in [0.1, 0.15) is 35.5 Å². The van der Waals surface area contributed by atoms with Crippen LogP contribution in [-0.4, -0.2) is 35.3 Å². The summed E-state index contributed by atoms with van der Waals surface area (Å²) in [4.78, 5) is 38.6. The fourth-order valence-electron chi connectivity index (χ4n) is 3.17. The predicted octanol–water partition coefficient (Wildman–Crippen LogP) is 4.61. The molecule has 0 unspecified atom stereocenters. The molecular formula is C23H20BrFO6. The summed E-state index contributed by atoms with van der Waals surface area (Å²) in [6, 6.07) is 12.2. The monoisotopic (exact) mass is 490 g/mol. The van der Waals surface area contributed by atoms with Crippen LogP contribution in [0.2, 0.25) is 0 Å². The Morgan fingerprint density at radius 2 is 1.61 bits per heavy atom. The number of carbonyl (C=O) groups excluding carboxylic acids is 3. The van der Waals surface area contributed by atoms with E-state index in [0.717, 1.165) is 0 Å². The Morgan fingerprint density at radius 1 is 1.00 bits per heavy atom. The third-order valence-electron chi connectivity index (χ3n) is 4.59. The van der Waals surface area contributed by atoms with Crippen LogP contribution < -0.4 is 0 Å². The molecule has 0 aliphatic rings. The van der Waals surface area contributed by atoms with Gasteiger partial charge in [-0.1, -0.05) is 46.3 Å². The molecule has 6 nitrogen and oxygen atoms in total. The quantitative estimate of drug-likeness (QED) is 0.198. The zero-order valence-electron chi connectivity index (χ0n) is 16.9. The van der Waals surface area contributed by atoms with Crippen LogP contribution in [0.3, 0.4) is 0 Å². The van der Waals surface area contributed by atoms with E-state index in [0.29, 0.717) is 5.56 Å². The molecule has 2 aromatic carbocycles. The van der Waals surface area contributed by atoms with E-state index < -0.39 is 27.9 Å². The summed E-state index contributed by atoms with van der Waals surface area (Å²) in [5.74, 6) is -2.70. The Hall–Kier alpha value is -3.00. The Morgan fingerprint density at radius 3 is 2.19 bits per heavy atom. The van der Waals surface area contributed by atoms with Crippen LogP contribution in [0.15, 0.2) is 52.9 Å². The molecule has 0 saturated carbocycles. The van der Waals surface area contributed by atoms with Crippen LogP contribution in [0.25, 0.3) is 11.0 Å². The summed E-state index contributed by atoms with van der Waals surface area (Å²) < 4.78 is 28.0. The van der Waals surface area contributed by atoms with Crippen molar-refractivity contribution in [3.05, 3.63) is 71.2 Å². The van der Waals surface area contributed by atoms with Crippen molar-refractivity contribution in [3.8, 4) is 0 Å². The predicted molar refractivity (Wildman–Crippen MR) is 115 cm³/mol. The van der Waals surface area contributed by atoms with Gasteiger partial charge in [0.15, 0.2) is 5.78 Å². The summed E-state index contributed by atoms with van der Waals surface area (Å²) in [5, 5.41) is 0.242. The molecule has 0 amide bonds. The Kier molecular flexibility index (Phi) is 6.90. The highest BCUT2D eigenvalue weighted by atomic mass is 79.9. The van der Waals surface area contributed by atoms with Gasteiger partial charge in [-0.25, -0.2) is 14.0 Å². The number of furan rings is 1. The van der Waals surface area contributed by atoms with Gasteiger partial charge in [-0.3, -0.25) is 4.79 Å². The zero-order valence-corrected chi connectivity index (χ0v) is 18.5. The third-order valence-corrected chi connectivity index (χ3v) is 5.52. The summed E-state index contributed by atoms with van der Waals surface area (Å²) in [5.41, 5.74) is 0.666. The fraction of sp³-hybridized carbons (Fsp3) is 0.261. The van der Waals surface area contributed by atoms with Gasteiger partial charge < -0.3 is 13.9 Å². The number of hydrogen-bond donors (Lipinski definition) is 0. The number of ketones is 1. The molecule has 0 aliphatic carbocycles. The highest BCUT2D eigenvalue weighted by Gasteiger charge is 2.48. The van der Waals surface area contributed by atoms with Gasteiger partial charge in [0.1, 0.15) is 17.2 Å². The van der Waals surface area contributed by atoms with Crippen molar-refractivity contribution >= 4 is 44.6 Å². The van der Waals surface area contributed by atoms with Crippen LogP contribution in [0, 0.1) is 5.82 Å². The third kappa shape index (κ3) is 4.54. The molecule has 1 heterocycles. The lowest BCUT2D eigenvalue weighted by Gasteiger charge is -2.22. The average Bonchev–Trinajstić information content (AvgIpc) is 3.10. The molecule has 0 atom stereocenters. The number of hydrogen-bond acceptors (Lipinski definition) is 6. The molecule has 3 aromatic rings. The SMILES string of the molecule is CCOC(=O)C(Br)(Cc1oc2ccc(F)cc2c1C(=O)c1ccccc1)C(=O)OCC. The molecule has 0 bridgehead atoms. The van der Waals surface area contributed by atoms with Crippen LogP contribution in [0.4, 0.5) is 4.39 Å². The van der Waals surface area contributed by atoms with Crippen molar-refractivity contribution in [1.29, 1.82) is 0 Å². The molecule has 162 valence electrons. The zero-order chi connectivity index (χ0) is 22.6. The highest BCUT2D eigenvalue weighted by Crippen LogP contribution is 2.35. The average molecular weight is 491 g/mol. The standard InChI is InChI=1S/C23H20BrFO6/c1-3-29-21(27)23(24,22(28)30-4-2)13-18-19(20(26)14-8-6-5-7-9-14)16-12-15(25)10-11-17(16)31-18/h5-12H,3-4,13H2,1-2H3. The first-order chi connectivity index (χ1) is 14.8. The molecule has 31 heavy (non-hydrogen) atoms. The van der Waals surface area contributed by atoms with Crippen molar-refractivity contribution in [2.24, 2.45) is 0 Å². The fourth-order valence-corrected chi connectivity index (χ4v) is 3.65. The van der Waals surface area contributed by atoms with Gasteiger partial charge in [-0.15, -0.1) is 0 Å². The van der Waals surface area contributed by atoms with Crippen molar-refractivity contribution in [3.63, 3.8) is 0 Å². The summed E-state index contributed by atoms with van der Waals surface area (Å²) >= 11 is 3.17. The number of carbonyl (C=O) groups is 3. The molecule has 0 aliphatic heterocycles. The Balaban J connectivity index is 2.17.